The van der Waals surface area contributed by atoms with Gasteiger partial charge in [0.05, 0.1) is 11.8 Å². The van der Waals surface area contributed by atoms with Gasteiger partial charge >= 0.3 is 0 Å². The average Bonchev–Trinajstić information content (AvgIpc) is 2.97. The first-order chi connectivity index (χ1) is 9.15. The molecule has 1 atom stereocenters. The Hall–Kier alpha value is -0.750. The van der Waals surface area contributed by atoms with Gasteiger partial charge in [-0.3, -0.25) is 0 Å². The van der Waals surface area contributed by atoms with Gasteiger partial charge in [0.2, 0.25) is 0 Å². The predicted molar refractivity (Wildman–Crippen MR) is 82.6 cm³/mol. The molecule has 2 aromatic rings. The molecule has 2 heterocycles. The summed E-state index contributed by atoms with van der Waals surface area (Å²) in [5.74, 6) is 0.529. The van der Waals surface area contributed by atoms with Crippen LogP contribution in [-0.4, -0.2) is 22.7 Å². The number of aliphatic hydroxyl groups is 1. The van der Waals surface area contributed by atoms with E-state index in [2.05, 4.69) is 46.4 Å². The van der Waals surface area contributed by atoms with Crippen LogP contribution in [0.5, 0.6) is 0 Å². The van der Waals surface area contributed by atoms with E-state index in [-0.39, 0.29) is 6.10 Å². The molecule has 0 amide bonds. The first-order valence-electron chi connectivity index (χ1n) is 6.51. The van der Waals surface area contributed by atoms with Crippen molar-refractivity contribution in [3.63, 3.8) is 0 Å². The molecule has 0 radical (unpaired) electrons. The molecule has 0 spiro atoms. The molecule has 19 heavy (non-hydrogen) atoms. The Kier molecular flexibility index (Phi) is 5.51. The van der Waals surface area contributed by atoms with E-state index in [9.17, 15) is 5.11 Å². The van der Waals surface area contributed by atoms with Crippen molar-refractivity contribution >= 4 is 22.7 Å². The Balaban J connectivity index is 1.78. The lowest BCUT2D eigenvalue weighted by atomic mass is 10.1. The second-order valence-electron chi connectivity index (χ2n) is 5.07. The number of thiazole rings is 1. The molecule has 0 aromatic carbocycles. The van der Waals surface area contributed by atoms with Gasteiger partial charge in [-0.25, -0.2) is 4.98 Å². The molecule has 0 bridgehead atoms. The summed E-state index contributed by atoms with van der Waals surface area (Å²) in [7, 11) is 0. The van der Waals surface area contributed by atoms with Crippen molar-refractivity contribution < 1.29 is 5.11 Å². The fraction of sp³-hybridized carbons (Fsp3) is 0.500. The van der Waals surface area contributed by atoms with Gasteiger partial charge in [-0.2, -0.15) is 11.3 Å². The minimum absolute atomic E-state index is 0.269. The average molecular weight is 296 g/mol. The van der Waals surface area contributed by atoms with Crippen molar-refractivity contribution in [1.29, 1.82) is 0 Å². The minimum Gasteiger partial charge on any atom is -0.392 e. The van der Waals surface area contributed by atoms with Crippen LogP contribution in [0.4, 0.5) is 0 Å². The van der Waals surface area contributed by atoms with Crippen molar-refractivity contribution in [2.75, 3.05) is 6.54 Å². The summed E-state index contributed by atoms with van der Waals surface area (Å²) in [6.45, 7) is 5.59. The number of nitrogens with zero attached hydrogens (tertiary/aromatic N) is 1. The molecule has 104 valence electrons. The van der Waals surface area contributed by atoms with Crippen LogP contribution >= 0.6 is 22.7 Å². The first-order valence-corrected chi connectivity index (χ1v) is 8.33. The maximum absolute atomic E-state index is 9.77. The predicted octanol–water partition coefficient (Wildman–Crippen LogP) is 3.37. The molecule has 2 aromatic heterocycles. The molecule has 5 heteroatoms. The summed E-state index contributed by atoms with van der Waals surface area (Å²) in [6, 6.07) is 2.09. The number of thiophene rings is 1. The number of aliphatic hydroxyl groups excluding tert-OH is 1. The lowest BCUT2D eigenvalue weighted by molar-refractivity contribution is 0.146. The molecular weight excluding hydrogens is 276 g/mol. The number of nitrogens with one attached hydrogen (secondary N) is 1. The van der Waals surface area contributed by atoms with Gasteiger partial charge in [-0.1, -0.05) is 13.8 Å². The monoisotopic (exact) mass is 296 g/mol. The maximum Gasteiger partial charge on any atom is 0.124 e. The van der Waals surface area contributed by atoms with E-state index >= 15 is 0 Å². The Morgan fingerprint density at radius 1 is 1.37 bits per heavy atom. The first kappa shape index (κ1) is 14.7. The maximum atomic E-state index is 9.77. The van der Waals surface area contributed by atoms with E-state index in [4.69, 9.17) is 0 Å². The molecule has 3 nitrogen and oxygen atoms in total. The lowest BCUT2D eigenvalue weighted by Gasteiger charge is -2.13. The summed E-state index contributed by atoms with van der Waals surface area (Å²) < 4.78 is 0. The van der Waals surface area contributed by atoms with E-state index in [1.807, 2.05) is 0 Å². The fourth-order valence-electron chi connectivity index (χ4n) is 1.90. The van der Waals surface area contributed by atoms with Crippen LogP contribution in [0.25, 0.3) is 10.6 Å². The molecule has 2 rings (SSSR count). The molecule has 0 aliphatic carbocycles. The molecule has 0 aliphatic heterocycles. The second kappa shape index (κ2) is 7.14. The second-order valence-corrected chi connectivity index (χ2v) is 6.71. The zero-order valence-corrected chi connectivity index (χ0v) is 12.9. The third kappa shape index (κ3) is 4.69. The normalized spacial score (nSPS) is 13.1. The highest BCUT2D eigenvalue weighted by Crippen LogP contribution is 2.25. The largest absolute Gasteiger partial charge is 0.392 e. The SMILES string of the molecule is CC(C)CC(O)CNCc1csc(-c2ccsc2)n1. The summed E-state index contributed by atoms with van der Waals surface area (Å²) in [6.07, 6.45) is 0.569. The minimum atomic E-state index is -0.269. The highest BCUT2D eigenvalue weighted by molar-refractivity contribution is 7.14. The zero-order valence-electron chi connectivity index (χ0n) is 11.3. The summed E-state index contributed by atoms with van der Waals surface area (Å²) in [5.41, 5.74) is 2.24. The van der Waals surface area contributed by atoms with Crippen LogP contribution in [-0.2, 0) is 6.54 Å². The molecular formula is C14H20N2OS2. The number of hydrogen-bond acceptors (Lipinski definition) is 5. The van der Waals surface area contributed by atoms with Crippen molar-refractivity contribution in [3.8, 4) is 10.6 Å². The summed E-state index contributed by atoms with van der Waals surface area (Å²) in [4.78, 5) is 4.59. The van der Waals surface area contributed by atoms with Crippen LogP contribution in [0.1, 0.15) is 26.0 Å². The molecule has 2 N–H and O–H groups in total. The molecule has 0 fully saturated rings. The van der Waals surface area contributed by atoms with E-state index in [0.29, 0.717) is 12.5 Å². The highest BCUT2D eigenvalue weighted by Gasteiger charge is 2.08. The topological polar surface area (TPSA) is 45.1 Å². The van der Waals surface area contributed by atoms with Gasteiger partial charge in [0.1, 0.15) is 5.01 Å². The Morgan fingerprint density at radius 2 is 2.21 bits per heavy atom. The zero-order chi connectivity index (χ0) is 13.7. The van der Waals surface area contributed by atoms with Gasteiger partial charge in [0.15, 0.2) is 0 Å². The van der Waals surface area contributed by atoms with Gasteiger partial charge in [0, 0.05) is 29.4 Å². The smallest absolute Gasteiger partial charge is 0.124 e. The Labute approximate surface area is 122 Å². The third-order valence-electron chi connectivity index (χ3n) is 2.75. The van der Waals surface area contributed by atoms with Crippen LogP contribution in [0.2, 0.25) is 0 Å². The van der Waals surface area contributed by atoms with Crippen LogP contribution < -0.4 is 5.32 Å². The number of hydrogen-bond donors (Lipinski definition) is 2. The fourth-order valence-corrected chi connectivity index (χ4v) is 3.43. The highest BCUT2D eigenvalue weighted by atomic mass is 32.1. The lowest BCUT2D eigenvalue weighted by Crippen LogP contribution is -2.27. The Morgan fingerprint density at radius 3 is 2.89 bits per heavy atom. The van der Waals surface area contributed by atoms with Gasteiger partial charge in [-0.15, -0.1) is 11.3 Å². The number of rotatable bonds is 7. The van der Waals surface area contributed by atoms with Gasteiger partial charge in [0.25, 0.3) is 0 Å². The molecule has 1 unspecified atom stereocenters. The van der Waals surface area contributed by atoms with Crippen molar-refractivity contribution in [2.45, 2.75) is 32.9 Å². The van der Waals surface area contributed by atoms with Crippen molar-refractivity contribution in [2.24, 2.45) is 5.92 Å². The van der Waals surface area contributed by atoms with Crippen LogP contribution in [0, 0.1) is 5.92 Å². The summed E-state index contributed by atoms with van der Waals surface area (Å²) in [5, 5.41) is 20.4. The van der Waals surface area contributed by atoms with E-state index in [1.165, 1.54) is 5.56 Å². The third-order valence-corrected chi connectivity index (χ3v) is 4.37. The van der Waals surface area contributed by atoms with Gasteiger partial charge < -0.3 is 10.4 Å². The van der Waals surface area contributed by atoms with Crippen LogP contribution in [0.3, 0.4) is 0 Å². The van der Waals surface area contributed by atoms with E-state index < -0.39 is 0 Å². The van der Waals surface area contributed by atoms with Gasteiger partial charge in [-0.05, 0) is 23.8 Å². The molecule has 0 saturated carbocycles. The molecule has 0 aliphatic rings. The quantitative estimate of drug-likeness (QED) is 0.823. The summed E-state index contributed by atoms with van der Waals surface area (Å²) >= 11 is 3.36. The van der Waals surface area contributed by atoms with Crippen LogP contribution in [0.15, 0.2) is 22.2 Å². The number of aromatic nitrogens is 1. The standard InChI is InChI=1S/C14H20N2OS2/c1-10(2)5-13(17)7-15-6-12-9-19-14(16-12)11-3-4-18-8-11/h3-4,8-10,13,15,17H,5-7H2,1-2H3. The van der Waals surface area contributed by atoms with E-state index in [0.717, 1.165) is 23.7 Å². The van der Waals surface area contributed by atoms with E-state index in [1.54, 1.807) is 22.7 Å². The molecule has 0 saturated heterocycles. The van der Waals surface area contributed by atoms with Crippen molar-refractivity contribution in [3.05, 3.63) is 27.9 Å². The van der Waals surface area contributed by atoms with Crippen molar-refractivity contribution in [1.82, 2.24) is 10.3 Å². The Bertz CT molecular complexity index is 479.